The van der Waals surface area contributed by atoms with E-state index in [1.54, 1.807) is 14.2 Å². The van der Waals surface area contributed by atoms with Crippen LogP contribution in [0.5, 0.6) is 11.5 Å². The number of ether oxygens (including phenoxy) is 2. The van der Waals surface area contributed by atoms with Gasteiger partial charge in [0.2, 0.25) is 0 Å². The van der Waals surface area contributed by atoms with Crippen molar-refractivity contribution in [3.63, 3.8) is 0 Å². The molecule has 1 aromatic heterocycles. The Balaban J connectivity index is 1.97. The molecule has 7 heteroatoms. The van der Waals surface area contributed by atoms with Crippen LogP contribution in [-0.4, -0.2) is 43.0 Å². The molecule has 0 saturated heterocycles. The van der Waals surface area contributed by atoms with Gasteiger partial charge in [-0.25, -0.2) is 9.97 Å². The van der Waals surface area contributed by atoms with Crippen LogP contribution in [0, 0.1) is 11.3 Å². The number of nitrogens with zero attached hydrogens (tertiary/aromatic N) is 4. The molecule has 0 spiro atoms. The first-order valence-corrected chi connectivity index (χ1v) is 9.09. The Morgan fingerprint density at radius 2 is 1.96 bits per heavy atom. The van der Waals surface area contributed by atoms with Gasteiger partial charge in [-0.1, -0.05) is 17.8 Å². The lowest BCUT2D eigenvalue weighted by molar-refractivity contribution is 0.354. The Kier molecular flexibility index (Phi) is 4.97. The Morgan fingerprint density at radius 3 is 2.58 bits per heavy atom. The summed E-state index contributed by atoms with van der Waals surface area (Å²) in [5.41, 5.74) is 2.10. The lowest BCUT2D eigenvalue weighted by Crippen LogP contribution is -2.18. The van der Waals surface area contributed by atoms with Crippen molar-refractivity contribution < 1.29 is 9.47 Å². The smallest absolute Gasteiger partial charge is 0.161 e. The second kappa shape index (κ2) is 7.04. The Morgan fingerprint density at radius 1 is 1.23 bits per heavy atom. The van der Waals surface area contributed by atoms with Crippen LogP contribution in [0.25, 0.3) is 0 Å². The lowest BCUT2D eigenvalue weighted by Gasteiger charge is -2.17. The molecule has 0 amide bonds. The molecule has 0 saturated carbocycles. The predicted molar refractivity (Wildman–Crippen MR) is 102 cm³/mol. The van der Waals surface area contributed by atoms with Crippen molar-refractivity contribution >= 4 is 17.6 Å². The summed E-state index contributed by atoms with van der Waals surface area (Å²) in [5.74, 6) is 3.00. The summed E-state index contributed by atoms with van der Waals surface area (Å²) >= 11 is 1.52. The summed E-state index contributed by atoms with van der Waals surface area (Å²) in [6.45, 7) is 1.95. The number of rotatable bonds is 5. The topological polar surface area (TPSA) is 71.3 Å². The van der Waals surface area contributed by atoms with Gasteiger partial charge in [-0.05, 0) is 24.6 Å². The van der Waals surface area contributed by atoms with Crippen molar-refractivity contribution in [2.24, 2.45) is 0 Å². The predicted octanol–water partition coefficient (Wildman–Crippen LogP) is 3.08. The fraction of sp³-hybridized carbons (Fsp3) is 0.421. The molecular weight excluding hydrogens is 348 g/mol. The zero-order chi connectivity index (χ0) is 18.9. The van der Waals surface area contributed by atoms with Crippen molar-refractivity contribution in [3.8, 4) is 17.6 Å². The number of fused-ring (bicyclic) bond motifs is 1. The van der Waals surface area contributed by atoms with Gasteiger partial charge < -0.3 is 14.4 Å². The highest BCUT2D eigenvalue weighted by molar-refractivity contribution is 8.01. The monoisotopic (exact) mass is 370 g/mol. The largest absolute Gasteiger partial charge is 0.493 e. The Labute approximate surface area is 158 Å². The molecule has 3 rings (SSSR count). The second-order valence-corrected chi connectivity index (χ2v) is 8.12. The molecule has 0 N–H and O–H groups in total. The van der Waals surface area contributed by atoms with E-state index in [2.05, 4.69) is 6.07 Å². The number of hydrogen-bond donors (Lipinski definition) is 0. The van der Waals surface area contributed by atoms with Gasteiger partial charge >= 0.3 is 0 Å². The minimum Gasteiger partial charge on any atom is -0.493 e. The van der Waals surface area contributed by atoms with Crippen LogP contribution < -0.4 is 14.4 Å². The normalized spacial score (nSPS) is 18.2. The molecule has 1 atom stereocenters. The van der Waals surface area contributed by atoms with Gasteiger partial charge in [-0.2, -0.15) is 5.26 Å². The summed E-state index contributed by atoms with van der Waals surface area (Å²) in [7, 11) is 7.18. The van der Waals surface area contributed by atoms with E-state index in [1.165, 1.54) is 11.8 Å². The van der Waals surface area contributed by atoms with Gasteiger partial charge in [0, 0.05) is 32.5 Å². The van der Waals surface area contributed by atoms with E-state index in [0.717, 1.165) is 27.8 Å². The number of anilines is 1. The average molecular weight is 370 g/mol. The van der Waals surface area contributed by atoms with Crippen LogP contribution in [0.15, 0.2) is 23.2 Å². The third-order valence-electron chi connectivity index (χ3n) is 4.30. The molecule has 1 aliphatic rings. The molecule has 26 heavy (non-hydrogen) atoms. The Bertz CT molecular complexity index is 879. The molecule has 0 fully saturated rings. The lowest BCUT2D eigenvalue weighted by atomic mass is 10.0. The van der Waals surface area contributed by atoms with Gasteiger partial charge in [0.25, 0.3) is 0 Å². The molecule has 1 unspecified atom stereocenters. The van der Waals surface area contributed by atoms with Crippen LogP contribution >= 0.6 is 11.8 Å². The van der Waals surface area contributed by atoms with E-state index in [1.807, 2.05) is 44.1 Å². The van der Waals surface area contributed by atoms with E-state index in [0.29, 0.717) is 24.3 Å². The van der Waals surface area contributed by atoms with E-state index in [9.17, 15) is 5.26 Å². The summed E-state index contributed by atoms with van der Waals surface area (Å²) in [6, 6.07) is 8.21. The first-order chi connectivity index (χ1) is 12.4. The van der Waals surface area contributed by atoms with E-state index in [4.69, 9.17) is 19.4 Å². The number of hydrogen-bond acceptors (Lipinski definition) is 7. The van der Waals surface area contributed by atoms with Crippen molar-refractivity contribution in [2.45, 2.75) is 29.5 Å². The Hall–Kier alpha value is -2.46. The van der Waals surface area contributed by atoms with Crippen LogP contribution in [0.4, 0.5) is 5.82 Å². The van der Waals surface area contributed by atoms with Crippen molar-refractivity contribution in [3.05, 3.63) is 35.2 Å². The zero-order valence-corrected chi connectivity index (χ0v) is 16.5. The van der Waals surface area contributed by atoms with Crippen LogP contribution in [-0.2, 0) is 12.8 Å². The standard InChI is InChI=1S/C19H22N4O2S/c1-19(11-20)10-13-17(23(2)3)21-16(22-18(13)26-19)9-12-6-7-14(24-4)15(8-12)25-5/h6-8H,9-10H2,1-5H3. The molecule has 136 valence electrons. The molecule has 2 heterocycles. The van der Waals surface area contributed by atoms with Crippen LogP contribution in [0.1, 0.15) is 23.9 Å². The maximum absolute atomic E-state index is 9.48. The molecule has 1 aromatic carbocycles. The highest BCUT2D eigenvalue weighted by Gasteiger charge is 2.38. The fourth-order valence-electron chi connectivity index (χ4n) is 3.01. The van der Waals surface area contributed by atoms with Gasteiger partial charge in [0.05, 0.1) is 20.3 Å². The van der Waals surface area contributed by atoms with E-state index in [-0.39, 0.29) is 0 Å². The first-order valence-electron chi connectivity index (χ1n) is 8.27. The number of nitriles is 1. The fourth-order valence-corrected chi connectivity index (χ4v) is 4.13. The third kappa shape index (κ3) is 3.42. The molecule has 6 nitrogen and oxygen atoms in total. The third-order valence-corrected chi connectivity index (χ3v) is 5.52. The maximum atomic E-state index is 9.48. The van der Waals surface area contributed by atoms with Gasteiger partial charge in [0.15, 0.2) is 11.5 Å². The molecule has 0 radical (unpaired) electrons. The number of methoxy groups -OCH3 is 2. The average Bonchev–Trinajstić information content (AvgIpc) is 2.97. The first kappa shape index (κ1) is 18.3. The molecule has 1 aliphatic heterocycles. The van der Waals surface area contributed by atoms with Gasteiger partial charge in [-0.15, -0.1) is 0 Å². The highest BCUT2D eigenvalue weighted by Crippen LogP contribution is 2.46. The summed E-state index contributed by atoms with van der Waals surface area (Å²) in [4.78, 5) is 11.5. The summed E-state index contributed by atoms with van der Waals surface area (Å²) in [6.07, 6.45) is 1.24. The molecule has 2 aromatic rings. The maximum Gasteiger partial charge on any atom is 0.161 e. The second-order valence-electron chi connectivity index (χ2n) is 6.63. The van der Waals surface area contributed by atoms with E-state index >= 15 is 0 Å². The molecule has 0 aliphatic carbocycles. The minimum absolute atomic E-state index is 0.482. The molecular formula is C19H22N4O2S. The van der Waals surface area contributed by atoms with Gasteiger partial charge in [0.1, 0.15) is 21.4 Å². The highest BCUT2D eigenvalue weighted by atomic mass is 32.2. The quantitative estimate of drug-likeness (QED) is 0.749. The SMILES string of the molecule is COc1ccc(Cc2nc3c(c(N(C)C)n2)CC(C)(C#N)S3)cc1OC. The summed E-state index contributed by atoms with van der Waals surface area (Å²) < 4.78 is 10.2. The molecule has 0 bridgehead atoms. The van der Waals surface area contributed by atoms with Crippen molar-refractivity contribution in [1.82, 2.24) is 9.97 Å². The minimum atomic E-state index is -0.482. The van der Waals surface area contributed by atoms with Crippen LogP contribution in [0.3, 0.4) is 0 Å². The van der Waals surface area contributed by atoms with Gasteiger partial charge in [-0.3, -0.25) is 0 Å². The van der Waals surface area contributed by atoms with E-state index < -0.39 is 4.75 Å². The van der Waals surface area contributed by atoms with Crippen molar-refractivity contribution in [1.29, 1.82) is 5.26 Å². The zero-order valence-electron chi connectivity index (χ0n) is 15.7. The van der Waals surface area contributed by atoms with Crippen LogP contribution in [0.2, 0.25) is 0 Å². The number of benzene rings is 1. The number of aromatic nitrogens is 2. The summed E-state index contributed by atoms with van der Waals surface area (Å²) in [5, 5.41) is 10.4. The number of thioether (sulfide) groups is 1. The van der Waals surface area contributed by atoms with Crippen molar-refractivity contribution in [2.75, 3.05) is 33.2 Å².